The quantitative estimate of drug-likeness (QED) is 0.691. The van der Waals surface area contributed by atoms with E-state index in [4.69, 9.17) is 11.6 Å². The molecule has 1 atom stereocenters. The SMILES string of the molecule is CN(C)C1CCC(N2CC(Cl)CC2=O)CC1. The molecule has 2 aliphatic rings. The monoisotopic (exact) mass is 244 g/mol. The number of hydrogen-bond donors (Lipinski definition) is 0. The lowest BCUT2D eigenvalue weighted by molar-refractivity contribution is -0.130. The van der Waals surface area contributed by atoms with Gasteiger partial charge in [-0.15, -0.1) is 11.6 Å². The molecule has 1 saturated heterocycles. The summed E-state index contributed by atoms with van der Waals surface area (Å²) >= 11 is 6.03. The molecule has 1 aliphatic carbocycles. The molecule has 16 heavy (non-hydrogen) atoms. The molecule has 1 heterocycles. The lowest BCUT2D eigenvalue weighted by Gasteiger charge is -2.37. The summed E-state index contributed by atoms with van der Waals surface area (Å²) in [6, 6.07) is 1.15. The van der Waals surface area contributed by atoms with Crippen LogP contribution in [0.1, 0.15) is 32.1 Å². The third-order valence-corrected chi connectivity index (χ3v) is 4.24. The Morgan fingerprint density at radius 1 is 1.25 bits per heavy atom. The number of nitrogens with zero attached hydrogens (tertiary/aromatic N) is 2. The van der Waals surface area contributed by atoms with Gasteiger partial charge in [-0.25, -0.2) is 0 Å². The lowest BCUT2D eigenvalue weighted by atomic mass is 9.90. The van der Waals surface area contributed by atoms with Crippen LogP contribution < -0.4 is 0 Å². The van der Waals surface area contributed by atoms with Gasteiger partial charge in [0.05, 0.1) is 5.38 Å². The molecule has 0 spiro atoms. The first-order valence-corrected chi connectivity index (χ1v) is 6.61. The van der Waals surface area contributed by atoms with Crippen molar-refractivity contribution in [1.82, 2.24) is 9.80 Å². The molecule has 1 unspecified atom stereocenters. The van der Waals surface area contributed by atoms with Gasteiger partial charge in [-0.1, -0.05) is 0 Å². The van der Waals surface area contributed by atoms with Crippen LogP contribution in [0.15, 0.2) is 0 Å². The Labute approximate surface area is 103 Å². The van der Waals surface area contributed by atoms with E-state index >= 15 is 0 Å². The maximum Gasteiger partial charge on any atom is 0.224 e. The van der Waals surface area contributed by atoms with Gasteiger partial charge in [-0.3, -0.25) is 4.79 Å². The van der Waals surface area contributed by atoms with Gasteiger partial charge in [0.25, 0.3) is 0 Å². The molecule has 1 amide bonds. The number of carbonyl (C=O) groups excluding carboxylic acids is 1. The van der Waals surface area contributed by atoms with Crippen molar-refractivity contribution < 1.29 is 4.79 Å². The van der Waals surface area contributed by atoms with Crippen molar-refractivity contribution >= 4 is 17.5 Å². The van der Waals surface area contributed by atoms with Gasteiger partial charge < -0.3 is 9.80 Å². The molecule has 0 aromatic heterocycles. The summed E-state index contributed by atoms with van der Waals surface area (Å²) in [5, 5.41) is 0.0408. The molecule has 92 valence electrons. The van der Waals surface area contributed by atoms with Crippen molar-refractivity contribution in [3.8, 4) is 0 Å². The summed E-state index contributed by atoms with van der Waals surface area (Å²) in [4.78, 5) is 16.0. The second-order valence-corrected chi connectivity index (χ2v) is 5.89. The fraction of sp³-hybridized carbons (Fsp3) is 0.917. The normalized spacial score (nSPS) is 36.1. The van der Waals surface area contributed by atoms with Gasteiger partial charge in [-0.05, 0) is 39.8 Å². The molecule has 0 N–H and O–H groups in total. The molecular formula is C12H21ClN2O. The predicted octanol–water partition coefficient (Wildman–Crippen LogP) is 1.70. The molecule has 1 saturated carbocycles. The zero-order chi connectivity index (χ0) is 11.7. The summed E-state index contributed by atoms with van der Waals surface area (Å²) in [6.07, 6.45) is 5.22. The molecule has 1 aliphatic heterocycles. The minimum absolute atomic E-state index is 0.0408. The zero-order valence-electron chi connectivity index (χ0n) is 10.2. The van der Waals surface area contributed by atoms with E-state index in [2.05, 4.69) is 19.0 Å². The molecule has 3 nitrogen and oxygen atoms in total. The van der Waals surface area contributed by atoms with Crippen LogP contribution in [0.5, 0.6) is 0 Å². The van der Waals surface area contributed by atoms with Gasteiger partial charge in [-0.2, -0.15) is 0 Å². The largest absolute Gasteiger partial charge is 0.338 e. The first-order valence-electron chi connectivity index (χ1n) is 6.18. The number of alkyl halides is 1. The zero-order valence-corrected chi connectivity index (χ0v) is 10.9. The van der Waals surface area contributed by atoms with Crippen LogP contribution in [0.3, 0.4) is 0 Å². The predicted molar refractivity (Wildman–Crippen MR) is 65.7 cm³/mol. The second-order valence-electron chi connectivity index (χ2n) is 5.27. The maximum atomic E-state index is 11.7. The average Bonchev–Trinajstić information content (AvgIpc) is 2.58. The van der Waals surface area contributed by atoms with Crippen LogP contribution >= 0.6 is 11.6 Å². The smallest absolute Gasteiger partial charge is 0.224 e. The van der Waals surface area contributed by atoms with Crippen molar-refractivity contribution in [2.75, 3.05) is 20.6 Å². The van der Waals surface area contributed by atoms with Crippen molar-refractivity contribution in [1.29, 1.82) is 0 Å². The Bertz CT molecular complexity index is 262. The number of rotatable bonds is 2. The highest BCUT2D eigenvalue weighted by Gasteiger charge is 2.35. The Morgan fingerprint density at radius 3 is 2.31 bits per heavy atom. The first-order chi connectivity index (χ1) is 7.58. The summed E-state index contributed by atoms with van der Waals surface area (Å²) in [7, 11) is 4.28. The number of hydrogen-bond acceptors (Lipinski definition) is 2. The fourth-order valence-electron chi connectivity index (χ4n) is 2.93. The van der Waals surface area contributed by atoms with Crippen molar-refractivity contribution in [2.24, 2.45) is 0 Å². The molecule has 0 radical (unpaired) electrons. The van der Waals surface area contributed by atoms with Gasteiger partial charge >= 0.3 is 0 Å². The third-order valence-electron chi connectivity index (χ3n) is 3.95. The van der Waals surface area contributed by atoms with Crippen molar-refractivity contribution in [3.05, 3.63) is 0 Å². The van der Waals surface area contributed by atoms with E-state index in [1.165, 1.54) is 12.8 Å². The molecule has 0 bridgehead atoms. The second kappa shape index (κ2) is 4.92. The Kier molecular flexibility index (Phi) is 3.75. The summed E-state index contributed by atoms with van der Waals surface area (Å²) in [6.45, 7) is 0.762. The average molecular weight is 245 g/mol. The van der Waals surface area contributed by atoms with E-state index in [0.29, 0.717) is 18.5 Å². The summed E-state index contributed by atoms with van der Waals surface area (Å²) < 4.78 is 0. The minimum Gasteiger partial charge on any atom is -0.338 e. The first kappa shape index (κ1) is 12.2. The Balaban J connectivity index is 1.87. The molecule has 4 heteroatoms. The van der Waals surface area contributed by atoms with Crippen molar-refractivity contribution in [2.45, 2.75) is 49.6 Å². The number of halogens is 1. The topological polar surface area (TPSA) is 23.6 Å². The highest BCUT2D eigenvalue weighted by Crippen LogP contribution is 2.29. The van der Waals surface area contributed by atoms with Crippen LogP contribution in [0.25, 0.3) is 0 Å². The molecule has 2 fully saturated rings. The van der Waals surface area contributed by atoms with Crippen LogP contribution in [-0.4, -0.2) is 53.8 Å². The van der Waals surface area contributed by atoms with Crippen LogP contribution in [-0.2, 0) is 4.79 Å². The maximum absolute atomic E-state index is 11.7. The van der Waals surface area contributed by atoms with Gasteiger partial charge in [0.1, 0.15) is 0 Å². The van der Waals surface area contributed by atoms with E-state index in [1.54, 1.807) is 0 Å². The number of likely N-dealkylation sites (tertiary alicyclic amines) is 1. The van der Waals surface area contributed by atoms with Gasteiger partial charge in [0.2, 0.25) is 5.91 Å². The minimum atomic E-state index is 0.0408. The van der Waals surface area contributed by atoms with Crippen molar-refractivity contribution in [3.63, 3.8) is 0 Å². The molecular weight excluding hydrogens is 224 g/mol. The summed E-state index contributed by atoms with van der Waals surface area (Å²) in [5.41, 5.74) is 0. The molecule has 0 aromatic carbocycles. The standard InChI is InChI=1S/C12H21ClN2O/c1-14(2)10-3-5-11(6-4-10)15-8-9(13)7-12(15)16/h9-11H,3-8H2,1-2H3. The van der Waals surface area contributed by atoms with E-state index in [-0.39, 0.29) is 11.3 Å². The highest BCUT2D eigenvalue weighted by molar-refractivity contribution is 6.22. The van der Waals surface area contributed by atoms with Gasteiger partial charge in [0.15, 0.2) is 0 Å². The van der Waals surface area contributed by atoms with E-state index < -0.39 is 0 Å². The lowest BCUT2D eigenvalue weighted by Crippen LogP contribution is -2.42. The third kappa shape index (κ3) is 2.51. The molecule has 0 aromatic rings. The van der Waals surface area contributed by atoms with Crippen LogP contribution in [0.2, 0.25) is 0 Å². The van der Waals surface area contributed by atoms with E-state index in [9.17, 15) is 4.79 Å². The van der Waals surface area contributed by atoms with Crippen LogP contribution in [0.4, 0.5) is 0 Å². The Morgan fingerprint density at radius 2 is 1.88 bits per heavy atom. The number of carbonyl (C=O) groups is 1. The Hall–Kier alpha value is -0.280. The summed E-state index contributed by atoms with van der Waals surface area (Å²) in [5.74, 6) is 0.258. The highest BCUT2D eigenvalue weighted by atomic mass is 35.5. The van der Waals surface area contributed by atoms with Gasteiger partial charge in [0, 0.05) is 25.0 Å². The fourth-order valence-corrected chi connectivity index (χ4v) is 3.21. The van der Waals surface area contributed by atoms with E-state index in [0.717, 1.165) is 19.4 Å². The van der Waals surface area contributed by atoms with E-state index in [1.807, 2.05) is 4.90 Å². The molecule has 2 rings (SSSR count). The number of amides is 1. The van der Waals surface area contributed by atoms with Crippen LogP contribution in [0, 0.1) is 0 Å².